The highest BCUT2D eigenvalue weighted by Gasteiger charge is 2.17. The Morgan fingerprint density at radius 1 is 0.371 bits per heavy atom. The maximum atomic E-state index is 12.8. The molecule has 0 aliphatic carbocycles. The molecular formula is C57H104O5. The topological polar surface area (TPSA) is 61.8 Å². The van der Waals surface area contributed by atoms with Gasteiger partial charge in [0.1, 0.15) is 6.61 Å². The second kappa shape index (κ2) is 53.2. The van der Waals surface area contributed by atoms with Crippen LogP contribution in [-0.4, -0.2) is 37.9 Å². The van der Waals surface area contributed by atoms with Crippen LogP contribution >= 0.6 is 0 Å². The second-order valence-electron chi connectivity index (χ2n) is 18.1. The lowest BCUT2D eigenvalue weighted by Gasteiger charge is -2.18. The number of unbranched alkanes of at least 4 members (excludes halogenated alkanes) is 31. The highest BCUT2D eigenvalue weighted by atomic mass is 16.6. The van der Waals surface area contributed by atoms with Gasteiger partial charge in [0, 0.05) is 19.4 Å². The zero-order valence-corrected chi connectivity index (χ0v) is 41.6. The van der Waals surface area contributed by atoms with Crippen LogP contribution in [0.5, 0.6) is 0 Å². The van der Waals surface area contributed by atoms with E-state index in [0.717, 1.165) is 77.0 Å². The molecule has 0 heterocycles. The van der Waals surface area contributed by atoms with E-state index in [9.17, 15) is 9.59 Å². The van der Waals surface area contributed by atoms with Gasteiger partial charge in [-0.2, -0.15) is 0 Å². The molecule has 5 heteroatoms. The van der Waals surface area contributed by atoms with Crippen LogP contribution in [0, 0.1) is 0 Å². The van der Waals surface area contributed by atoms with Crippen LogP contribution in [0.3, 0.4) is 0 Å². The largest absolute Gasteiger partial charge is 0.462 e. The van der Waals surface area contributed by atoms with E-state index < -0.39 is 6.10 Å². The summed E-state index contributed by atoms with van der Waals surface area (Å²) in [6.07, 6.45) is 65.5. The van der Waals surface area contributed by atoms with Crippen LogP contribution in [0.15, 0.2) is 48.6 Å². The SMILES string of the molecule is CC/C=C\C/C=C\C/C=C\C/C=C\CCCCCCC(=O)O[C@H](COCCCCCCCCCCCCCCCCCC)COC(=O)CCCCCCCCCCCCCCC. The van der Waals surface area contributed by atoms with E-state index in [1.54, 1.807) is 0 Å². The Bertz CT molecular complexity index is 1030. The van der Waals surface area contributed by atoms with Crippen LogP contribution in [0.4, 0.5) is 0 Å². The van der Waals surface area contributed by atoms with Gasteiger partial charge in [-0.05, 0) is 57.8 Å². The van der Waals surface area contributed by atoms with Crippen molar-refractivity contribution in [2.24, 2.45) is 0 Å². The van der Waals surface area contributed by atoms with Crippen molar-refractivity contribution in [2.45, 2.75) is 284 Å². The summed E-state index contributed by atoms with van der Waals surface area (Å²) in [5, 5.41) is 0. The average molecular weight is 869 g/mol. The minimum atomic E-state index is -0.544. The van der Waals surface area contributed by atoms with Crippen LogP contribution in [0.2, 0.25) is 0 Å². The summed E-state index contributed by atoms with van der Waals surface area (Å²) in [6.45, 7) is 7.74. The first-order valence-electron chi connectivity index (χ1n) is 27.2. The van der Waals surface area contributed by atoms with Crippen molar-refractivity contribution in [1.29, 1.82) is 0 Å². The first kappa shape index (κ1) is 59.9. The number of esters is 2. The molecule has 0 radical (unpaired) electrons. The van der Waals surface area contributed by atoms with Gasteiger partial charge in [0.25, 0.3) is 0 Å². The summed E-state index contributed by atoms with van der Waals surface area (Å²) in [4.78, 5) is 25.4. The minimum Gasteiger partial charge on any atom is -0.462 e. The van der Waals surface area contributed by atoms with Crippen LogP contribution < -0.4 is 0 Å². The lowest BCUT2D eigenvalue weighted by molar-refractivity contribution is -0.163. The van der Waals surface area contributed by atoms with E-state index in [1.807, 2.05) is 0 Å². The molecule has 0 fully saturated rings. The molecule has 0 amide bonds. The number of hydrogen-bond donors (Lipinski definition) is 0. The summed E-state index contributed by atoms with van der Waals surface area (Å²) in [6, 6.07) is 0. The Morgan fingerprint density at radius 3 is 1.16 bits per heavy atom. The summed E-state index contributed by atoms with van der Waals surface area (Å²) in [7, 11) is 0. The summed E-state index contributed by atoms with van der Waals surface area (Å²) in [5.74, 6) is -0.410. The van der Waals surface area contributed by atoms with Gasteiger partial charge in [-0.15, -0.1) is 0 Å². The standard InChI is InChI=1S/C57H104O5/c1-4-7-10-13-16-19-22-25-27-29-30-33-36-39-42-45-48-51-57(59)62-55(54-61-56(58)50-47-44-41-38-35-32-24-21-18-15-12-9-6-3)53-60-52-49-46-43-40-37-34-31-28-26-23-20-17-14-11-8-5-2/h7,10,16,19,25,27,30,33,55H,4-6,8-9,11-15,17-18,20-24,26,28-29,31-32,34-54H2,1-3H3/b10-7-,19-16-,27-25-,33-30-/t55-/m1/s1. The third kappa shape index (κ3) is 50.5. The predicted molar refractivity (Wildman–Crippen MR) is 270 cm³/mol. The average Bonchev–Trinajstić information content (AvgIpc) is 3.27. The van der Waals surface area contributed by atoms with Crippen molar-refractivity contribution in [3.63, 3.8) is 0 Å². The van der Waals surface area contributed by atoms with Crippen molar-refractivity contribution in [1.82, 2.24) is 0 Å². The molecule has 0 N–H and O–H groups in total. The number of ether oxygens (including phenoxy) is 3. The van der Waals surface area contributed by atoms with Gasteiger partial charge in [-0.3, -0.25) is 9.59 Å². The lowest BCUT2D eigenvalue weighted by Crippen LogP contribution is -2.30. The summed E-state index contributed by atoms with van der Waals surface area (Å²) >= 11 is 0. The molecule has 0 spiro atoms. The molecule has 362 valence electrons. The number of hydrogen-bond acceptors (Lipinski definition) is 5. The smallest absolute Gasteiger partial charge is 0.306 e. The molecular weight excluding hydrogens is 765 g/mol. The monoisotopic (exact) mass is 869 g/mol. The molecule has 0 saturated carbocycles. The van der Waals surface area contributed by atoms with Gasteiger partial charge < -0.3 is 14.2 Å². The second-order valence-corrected chi connectivity index (χ2v) is 18.1. The van der Waals surface area contributed by atoms with E-state index >= 15 is 0 Å². The predicted octanol–water partition coefficient (Wildman–Crippen LogP) is 18.3. The van der Waals surface area contributed by atoms with E-state index in [2.05, 4.69) is 69.4 Å². The molecule has 0 aromatic heterocycles. The third-order valence-corrected chi connectivity index (χ3v) is 11.9. The third-order valence-electron chi connectivity index (χ3n) is 11.9. The maximum Gasteiger partial charge on any atom is 0.306 e. The van der Waals surface area contributed by atoms with E-state index in [1.165, 1.54) is 167 Å². The number of allylic oxidation sites excluding steroid dienone is 8. The first-order chi connectivity index (χ1) is 30.6. The number of rotatable bonds is 50. The molecule has 0 rings (SSSR count). The molecule has 0 aromatic rings. The van der Waals surface area contributed by atoms with Gasteiger partial charge in [0.2, 0.25) is 0 Å². The number of carbonyl (C=O) groups excluding carboxylic acids is 2. The van der Waals surface area contributed by atoms with Gasteiger partial charge in [-0.1, -0.05) is 256 Å². The minimum absolute atomic E-state index is 0.0802. The maximum absolute atomic E-state index is 12.8. The van der Waals surface area contributed by atoms with Gasteiger partial charge in [0.05, 0.1) is 6.61 Å². The Balaban J connectivity index is 4.28. The van der Waals surface area contributed by atoms with E-state index in [-0.39, 0.29) is 25.2 Å². The molecule has 0 bridgehead atoms. The highest BCUT2D eigenvalue weighted by Crippen LogP contribution is 2.16. The van der Waals surface area contributed by atoms with Gasteiger partial charge in [-0.25, -0.2) is 0 Å². The Labute approximate surface area is 386 Å². The van der Waals surface area contributed by atoms with Crippen molar-refractivity contribution in [3.8, 4) is 0 Å². The molecule has 0 saturated heterocycles. The molecule has 0 aliphatic rings. The Morgan fingerprint density at radius 2 is 0.726 bits per heavy atom. The molecule has 0 aliphatic heterocycles. The van der Waals surface area contributed by atoms with Crippen molar-refractivity contribution >= 4 is 11.9 Å². The lowest BCUT2D eigenvalue weighted by atomic mass is 10.0. The fourth-order valence-electron chi connectivity index (χ4n) is 7.86. The van der Waals surface area contributed by atoms with Crippen LogP contribution in [0.1, 0.15) is 278 Å². The first-order valence-corrected chi connectivity index (χ1v) is 27.2. The summed E-state index contributed by atoms with van der Waals surface area (Å²) in [5.41, 5.74) is 0. The van der Waals surface area contributed by atoms with Crippen molar-refractivity contribution in [2.75, 3.05) is 19.8 Å². The summed E-state index contributed by atoms with van der Waals surface area (Å²) < 4.78 is 17.4. The van der Waals surface area contributed by atoms with E-state index in [4.69, 9.17) is 14.2 Å². The Hall–Kier alpha value is -2.14. The fraction of sp³-hybridized carbons (Fsp3) is 0.825. The van der Waals surface area contributed by atoms with Crippen LogP contribution in [-0.2, 0) is 23.8 Å². The van der Waals surface area contributed by atoms with Crippen molar-refractivity contribution in [3.05, 3.63) is 48.6 Å². The Kier molecular flexibility index (Phi) is 51.4. The van der Waals surface area contributed by atoms with Crippen LogP contribution in [0.25, 0.3) is 0 Å². The quantitative estimate of drug-likeness (QED) is 0.0346. The molecule has 62 heavy (non-hydrogen) atoms. The molecule has 1 atom stereocenters. The normalized spacial score (nSPS) is 12.5. The molecule has 0 aromatic carbocycles. The number of carbonyl (C=O) groups is 2. The van der Waals surface area contributed by atoms with Crippen molar-refractivity contribution < 1.29 is 23.8 Å². The zero-order valence-electron chi connectivity index (χ0n) is 41.6. The van der Waals surface area contributed by atoms with Gasteiger partial charge >= 0.3 is 11.9 Å². The fourth-order valence-corrected chi connectivity index (χ4v) is 7.86. The zero-order chi connectivity index (χ0) is 44.9. The molecule has 5 nitrogen and oxygen atoms in total. The highest BCUT2D eigenvalue weighted by molar-refractivity contribution is 5.70. The molecule has 0 unspecified atom stereocenters. The van der Waals surface area contributed by atoms with E-state index in [0.29, 0.717) is 19.4 Å². The van der Waals surface area contributed by atoms with Gasteiger partial charge in [0.15, 0.2) is 6.10 Å².